The Morgan fingerprint density at radius 2 is 1.71 bits per heavy atom. The summed E-state index contributed by atoms with van der Waals surface area (Å²) < 4.78 is 5.84. The first-order chi connectivity index (χ1) is 17.6. The SMILES string of the molecule is CC(=O)OC1CC2(C)C(CCC3C4(C)CCC(O)C(C)C4C(O)C(O)C32C)C1=C(CCC=C(C)C)C(=O)O. The molecule has 0 aromatic heterocycles. The molecule has 11 unspecified atom stereocenters. The van der Waals surface area contributed by atoms with Gasteiger partial charge in [-0.3, -0.25) is 4.79 Å². The van der Waals surface area contributed by atoms with Crippen molar-refractivity contribution in [2.24, 2.45) is 39.9 Å². The molecule has 214 valence electrons. The van der Waals surface area contributed by atoms with E-state index in [0.29, 0.717) is 36.8 Å². The normalized spacial score (nSPS) is 47.3. The Balaban J connectivity index is 1.85. The van der Waals surface area contributed by atoms with Crippen molar-refractivity contribution in [2.75, 3.05) is 0 Å². The summed E-state index contributed by atoms with van der Waals surface area (Å²) in [6.45, 7) is 13.7. The topological polar surface area (TPSA) is 124 Å². The lowest BCUT2D eigenvalue weighted by atomic mass is 9.35. The number of aliphatic hydroxyl groups is 3. The van der Waals surface area contributed by atoms with Crippen LogP contribution >= 0.6 is 0 Å². The summed E-state index contributed by atoms with van der Waals surface area (Å²) in [6.07, 6.45) is 3.13. The lowest BCUT2D eigenvalue weighted by molar-refractivity contribution is -0.284. The van der Waals surface area contributed by atoms with E-state index in [2.05, 4.69) is 20.8 Å². The van der Waals surface area contributed by atoms with Crippen LogP contribution in [0.1, 0.15) is 93.4 Å². The molecule has 38 heavy (non-hydrogen) atoms. The molecule has 0 saturated heterocycles. The zero-order valence-corrected chi connectivity index (χ0v) is 24.2. The van der Waals surface area contributed by atoms with E-state index in [1.54, 1.807) is 0 Å². The van der Waals surface area contributed by atoms with Crippen LogP contribution in [0.5, 0.6) is 0 Å². The third-order valence-corrected chi connectivity index (χ3v) is 11.7. The van der Waals surface area contributed by atoms with E-state index in [1.165, 1.54) is 6.92 Å². The molecule has 7 heteroatoms. The number of aliphatic carboxylic acids is 1. The lowest BCUT2D eigenvalue weighted by Crippen LogP contribution is -2.71. The number of allylic oxidation sites excluding steroid dienone is 2. The molecule has 0 amide bonds. The number of carboxylic acids is 1. The first-order valence-corrected chi connectivity index (χ1v) is 14.4. The molecule has 0 aliphatic heterocycles. The van der Waals surface area contributed by atoms with E-state index in [1.807, 2.05) is 26.8 Å². The minimum atomic E-state index is -1.04. The van der Waals surface area contributed by atoms with Gasteiger partial charge in [0.1, 0.15) is 6.10 Å². The summed E-state index contributed by atoms with van der Waals surface area (Å²) in [5, 5.41) is 44.6. The van der Waals surface area contributed by atoms with Crippen molar-refractivity contribution in [3.8, 4) is 0 Å². The first-order valence-electron chi connectivity index (χ1n) is 14.4. The molecule has 4 aliphatic carbocycles. The van der Waals surface area contributed by atoms with E-state index in [4.69, 9.17) is 4.74 Å². The minimum absolute atomic E-state index is 0.0749. The fraction of sp³-hybridized carbons (Fsp3) is 0.806. The second-order valence-electron chi connectivity index (χ2n) is 13.7. The number of hydrogen-bond donors (Lipinski definition) is 4. The highest BCUT2D eigenvalue weighted by atomic mass is 16.5. The summed E-state index contributed by atoms with van der Waals surface area (Å²) in [4.78, 5) is 24.8. The summed E-state index contributed by atoms with van der Waals surface area (Å²) >= 11 is 0. The quantitative estimate of drug-likeness (QED) is 0.231. The molecule has 0 aromatic rings. The highest BCUT2D eigenvalue weighted by Crippen LogP contribution is 2.74. The van der Waals surface area contributed by atoms with E-state index in [0.717, 1.165) is 24.8 Å². The molecular weight excluding hydrogens is 484 g/mol. The molecule has 4 saturated carbocycles. The molecule has 0 spiro atoms. The van der Waals surface area contributed by atoms with Crippen molar-refractivity contribution in [2.45, 2.75) is 118 Å². The number of carbonyl (C=O) groups is 2. The molecule has 4 N–H and O–H groups in total. The Morgan fingerprint density at radius 3 is 2.29 bits per heavy atom. The number of aliphatic hydroxyl groups excluding tert-OH is 3. The number of carbonyl (C=O) groups excluding carboxylic acids is 1. The van der Waals surface area contributed by atoms with Crippen molar-refractivity contribution < 1.29 is 34.8 Å². The average molecular weight is 533 g/mol. The Labute approximate surface area is 227 Å². The van der Waals surface area contributed by atoms with Crippen LogP contribution in [0.2, 0.25) is 0 Å². The zero-order chi connectivity index (χ0) is 28.4. The molecule has 11 atom stereocenters. The molecule has 0 heterocycles. The largest absolute Gasteiger partial charge is 0.478 e. The van der Waals surface area contributed by atoms with Gasteiger partial charge < -0.3 is 25.2 Å². The van der Waals surface area contributed by atoms with Crippen molar-refractivity contribution >= 4 is 11.9 Å². The second kappa shape index (κ2) is 10.0. The van der Waals surface area contributed by atoms with Crippen LogP contribution in [0.4, 0.5) is 0 Å². The predicted molar refractivity (Wildman–Crippen MR) is 144 cm³/mol. The number of carboxylic acid groups (broad SMARTS) is 1. The third kappa shape index (κ3) is 4.19. The van der Waals surface area contributed by atoms with Crippen LogP contribution in [0.15, 0.2) is 22.8 Å². The fourth-order valence-corrected chi connectivity index (χ4v) is 9.84. The van der Waals surface area contributed by atoms with E-state index in [9.17, 15) is 30.0 Å². The Bertz CT molecular complexity index is 1030. The van der Waals surface area contributed by atoms with Gasteiger partial charge in [-0.1, -0.05) is 39.3 Å². The average Bonchev–Trinajstić information content (AvgIpc) is 3.09. The third-order valence-electron chi connectivity index (χ3n) is 11.7. The zero-order valence-electron chi connectivity index (χ0n) is 24.2. The number of hydrogen-bond acceptors (Lipinski definition) is 6. The molecule has 7 nitrogen and oxygen atoms in total. The maximum absolute atomic E-state index is 12.6. The van der Waals surface area contributed by atoms with Crippen LogP contribution in [0.25, 0.3) is 0 Å². The van der Waals surface area contributed by atoms with Gasteiger partial charge in [-0.2, -0.15) is 0 Å². The number of fused-ring (bicyclic) bond motifs is 5. The lowest BCUT2D eigenvalue weighted by Gasteiger charge is -2.70. The molecule has 0 aromatic carbocycles. The summed E-state index contributed by atoms with van der Waals surface area (Å²) in [6, 6.07) is 0. The van der Waals surface area contributed by atoms with Crippen molar-refractivity contribution in [3.05, 3.63) is 22.8 Å². The smallest absolute Gasteiger partial charge is 0.331 e. The highest BCUT2D eigenvalue weighted by molar-refractivity contribution is 5.88. The summed E-state index contributed by atoms with van der Waals surface area (Å²) in [5.74, 6) is -1.89. The van der Waals surface area contributed by atoms with E-state index < -0.39 is 47.2 Å². The van der Waals surface area contributed by atoms with Crippen molar-refractivity contribution in [3.63, 3.8) is 0 Å². The standard InChI is InChI=1S/C31H48O7/c1-16(2)9-8-10-19(28(36)37)24-20-11-12-23-29(5)14-13-21(33)17(3)25(29)26(34)27(35)31(23,7)30(20,6)15-22(24)38-18(4)32/h9,17,20-23,25-27,33-35H,8,10-15H2,1-7H3,(H,36,37). The van der Waals surface area contributed by atoms with Gasteiger partial charge in [0, 0.05) is 17.9 Å². The van der Waals surface area contributed by atoms with Crippen molar-refractivity contribution in [1.82, 2.24) is 0 Å². The Morgan fingerprint density at radius 1 is 1.05 bits per heavy atom. The molecule has 0 bridgehead atoms. The summed E-state index contributed by atoms with van der Waals surface area (Å²) in [7, 11) is 0. The number of ether oxygens (including phenoxy) is 1. The molecule has 0 radical (unpaired) electrons. The maximum atomic E-state index is 12.6. The van der Waals surface area contributed by atoms with Crippen LogP contribution < -0.4 is 0 Å². The van der Waals surface area contributed by atoms with Crippen LogP contribution in [-0.4, -0.2) is 56.8 Å². The Hall–Kier alpha value is -1.70. The monoisotopic (exact) mass is 532 g/mol. The second-order valence-corrected chi connectivity index (χ2v) is 13.7. The molecular formula is C31H48O7. The van der Waals surface area contributed by atoms with Gasteiger partial charge >= 0.3 is 11.9 Å². The van der Waals surface area contributed by atoms with Gasteiger partial charge in [-0.05, 0) is 98.9 Å². The van der Waals surface area contributed by atoms with Gasteiger partial charge in [-0.25, -0.2) is 4.79 Å². The minimum Gasteiger partial charge on any atom is -0.478 e. The van der Waals surface area contributed by atoms with Gasteiger partial charge in [0.05, 0.1) is 18.3 Å². The summed E-state index contributed by atoms with van der Waals surface area (Å²) in [5.41, 5.74) is 0.534. The van der Waals surface area contributed by atoms with Crippen LogP contribution in [0.3, 0.4) is 0 Å². The van der Waals surface area contributed by atoms with Crippen LogP contribution in [-0.2, 0) is 14.3 Å². The van der Waals surface area contributed by atoms with Crippen LogP contribution in [0, 0.1) is 39.9 Å². The maximum Gasteiger partial charge on any atom is 0.331 e. The first kappa shape index (κ1) is 29.3. The van der Waals surface area contributed by atoms with Crippen molar-refractivity contribution in [1.29, 1.82) is 0 Å². The van der Waals surface area contributed by atoms with Gasteiger partial charge in [-0.15, -0.1) is 0 Å². The van der Waals surface area contributed by atoms with E-state index in [-0.39, 0.29) is 29.1 Å². The molecule has 4 fully saturated rings. The molecule has 4 aliphatic rings. The number of rotatable bonds is 5. The Kier molecular flexibility index (Phi) is 7.74. The van der Waals surface area contributed by atoms with Gasteiger partial charge in [0.15, 0.2) is 0 Å². The van der Waals surface area contributed by atoms with Gasteiger partial charge in [0.2, 0.25) is 0 Å². The van der Waals surface area contributed by atoms with E-state index >= 15 is 0 Å². The molecule has 4 rings (SSSR count). The number of esters is 1. The van der Waals surface area contributed by atoms with Gasteiger partial charge in [0.25, 0.3) is 0 Å². The fourth-order valence-electron chi connectivity index (χ4n) is 9.84. The predicted octanol–water partition coefficient (Wildman–Crippen LogP) is 4.64. The highest BCUT2D eigenvalue weighted by Gasteiger charge is 2.73.